The van der Waals surface area contributed by atoms with Crippen LogP contribution in [0.1, 0.15) is 24.2 Å². The standard InChI is InChI=1S/C12H15N5O2/c1-8-6-16(7-9(2)19-8)12(18)10-4-3-5-17-11(10)13-14-15-17/h3-5,8-9H,6-7H2,1-2H3/t8-,9+. The summed E-state index contributed by atoms with van der Waals surface area (Å²) < 4.78 is 7.14. The van der Waals surface area contributed by atoms with Crippen molar-refractivity contribution in [3.05, 3.63) is 23.9 Å². The van der Waals surface area contributed by atoms with Crippen molar-refractivity contribution in [1.29, 1.82) is 0 Å². The molecule has 0 spiro atoms. The van der Waals surface area contributed by atoms with Gasteiger partial charge in [0, 0.05) is 19.3 Å². The summed E-state index contributed by atoms with van der Waals surface area (Å²) in [7, 11) is 0. The summed E-state index contributed by atoms with van der Waals surface area (Å²) in [5.41, 5.74) is 1.01. The Hall–Kier alpha value is -2.02. The second-order valence-corrected chi connectivity index (χ2v) is 4.84. The lowest BCUT2D eigenvalue weighted by atomic mass is 10.2. The topological polar surface area (TPSA) is 72.6 Å². The first-order valence-electron chi connectivity index (χ1n) is 6.26. The van der Waals surface area contributed by atoms with Crippen LogP contribution in [0.3, 0.4) is 0 Å². The first-order chi connectivity index (χ1) is 9.15. The average molecular weight is 261 g/mol. The number of nitrogens with zero attached hydrogens (tertiary/aromatic N) is 5. The van der Waals surface area contributed by atoms with Crippen molar-refractivity contribution in [1.82, 2.24) is 24.9 Å². The Balaban J connectivity index is 1.93. The van der Waals surface area contributed by atoms with Gasteiger partial charge in [0.05, 0.1) is 17.8 Å². The Labute approximate surface area is 110 Å². The van der Waals surface area contributed by atoms with E-state index < -0.39 is 0 Å². The van der Waals surface area contributed by atoms with E-state index in [1.165, 1.54) is 4.52 Å². The number of aromatic nitrogens is 4. The summed E-state index contributed by atoms with van der Waals surface area (Å²) in [4.78, 5) is 14.4. The zero-order chi connectivity index (χ0) is 13.4. The molecule has 0 N–H and O–H groups in total. The zero-order valence-corrected chi connectivity index (χ0v) is 10.9. The van der Waals surface area contributed by atoms with Crippen LogP contribution in [-0.4, -0.2) is 56.1 Å². The van der Waals surface area contributed by atoms with Crippen LogP contribution in [0, 0.1) is 0 Å². The fourth-order valence-corrected chi connectivity index (χ4v) is 2.45. The molecule has 1 saturated heterocycles. The smallest absolute Gasteiger partial charge is 0.257 e. The van der Waals surface area contributed by atoms with Crippen molar-refractivity contribution < 1.29 is 9.53 Å². The van der Waals surface area contributed by atoms with Crippen LogP contribution in [0.25, 0.3) is 5.65 Å². The highest BCUT2D eigenvalue weighted by molar-refractivity contribution is 5.99. The normalized spacial score (nSPS) is 23.8. The quantitative estimate of drug-likeness (QED) is 0.741. The number of amides is 1. The Morgan fingerprint density at radius 2 is 2.11 bits per heavy atom. The maximum Gasteiger partial charge on any atom is 0.257 e. The largest absolute Gasteiger partial charge is 0.372 e. The lowest BCUT2D eigenvalue weighted by Gasteiger charge is -2.35. The number of carbonyl (C=O) groups excluding carboxylic acids is 1. The molecule has 100 valence electrons. The van der Waals surface area contributed by atoms with Gasteiger partial charge in [-0.25, -0.2) is 0 Å². The summed E-state index contributed by atoms with van der Waals surface area (Å²) in [6.45, 7) is 5.11. The van der Waals surface area contributed by atoms with E-state index in [2.05, 4.69) is 15.5 Å². The summed E-state index contributed by atoms with van der Waals surface area (Å²) in [5.74, 6) is -0.0533. The second kappa shape index (κ2) is 4.58. The van der Waals surface area contributed by atoms with Crippen molar-refractivity contribution in [2.24, 2.45) is 0 Å². The summed E-state index contributed by atoms with van der Waals surface area (Å²) in [6, 6.07) is 3.52. The van der Waals surface area contributed by atoms with E-state index in [-0.39, 0.29) is 18.1 Å². The van der Waals surface area contributed by atoms with Gasteiger partial charge in [0.1, 0.15) is 0 Å². The Kier molecular flexibility index (Phi) is 2.90. The molecular weight excluding hydrogens is 246 g/mol. The lowest BCUT2D eigenvalue weighted by molar-refractivity contribution is -0.0585. The molecule has 1 aliphatic heterocycles. The van der Waals surface area contributed by atoms with Crippen LogP contribution in [-0.2, 0) is 4.74 Å². The maximum absolute atomic E-state index is 12.6. The average Bonchev–Trinajstić information content (AvgIpc) is 2.84. The SMILES string of the molecule is C[C@@H]1CN(C(=O)c2cccn3nnnc23)C[C@H](C)O1. The summed E-state index contributed by atoms with van der Waals surface area (Å²) >= 11 is 0. The second-order valence-electron chi connectivity index (χ2n) is 4.84. The van der Waals surface area contributed by atoms with Gasteiger partial charge in [-0.1, -0.05) is 0 Å². The van der Waals surface area contributed by atoms with Gasteiger partial charge in [-0.3, -0.25) is 4.79 Å². The molecule has 0 radical (unpaired) electrons. The summed E-state index contributed by atoms with van der Waals surface area (Å²) in [6.07, 6.45) is 1.81. The molecule has 2 aromatic heterocycles. The molecule has 0 aromatic carbocycles. The fraction of sp³-hybridized carbons (Fsp3) is 0.500. The van der Waals surface area contributed by atoms with Crippen LogP contribution in [0.5, 0.6) is 0 Å². The molecule has 7 heteroatoms. The predicted octanol–water partition coefficient (Wildman–Crippen LogP) is 0.374. The Morgan fingerprint density at radius 1 is 1.37 bits per heavy atom. The molecule has 2 aromatic rings. The first kappa shape index (κ1) is 12.0. The van der Waals surface area contributed by atoms with E-state index >= 15 is 0 Å². The van der Waals surface area contributed by atoms with E-state index in [0.717, 1.165) is 0 Å². The molecule has 19 heavy (non-hydrogen) atoms. The minimum atomic E-state index is -0.0533. The Bertz CT molecular complexity index is 601. The van der Waals surface area contributed by atoms with Crippen molar-refractivity contribution >= 4 is 11.6 Å². The monoisotopic (exact) mass is 261 g/mol. The van der Waals surface area contributed by atoms with Gasteiger partial charge >= 0.3 is 0 Å². The highest BCUT2D eigenvalue weighted by Gasteiger charge is 2.28. The van der Waals surface area contributed by atoms with Crippen molar-refractivity contribution in [3.63, 3.8) is 0 Å². The highest BCUT2D eigenvalue weighted by atomic mass is 16.5. The molecule has 3 heterocycles. The van der Waals surface area contributed by atoms with E-state index in [9.17, 15) is 4.79 Å². The molecule has 1 fully saturated rings. The van der Waals surface area contributed by atoms with Crippen molar-refractivity contribution in [2.75, 3.05) is 13.1 Å². The number of rotatable bonds is 1. The molecule has 2 atom stereocenters. The van der Waals surface area contributed by atoms with Crippen LogP contribution < -0.4 is 0 Å². The molecule has 7 nitrogen and oxygen atoms in total. The molecule has 1 amide bonds. The predicted molar refractivity (Wildman–Crippen MR) is 66.7 cm³/mol. The molecule has 0 aliphatic carbocycles. The van der Waals surface area contributed by atoms with E-state index in [1.54, 1.807) is 23.2 Å². The van der Waals surface area contributed by atoms with Gasteiger partial charge in [-0.05, 0) is 36.4 Å². The summed E-state index contributed by atoms with van der Waals surface area (Å²) in [5, 5.41) is 11.3. The van der Waals surface area contributed by atoms with Crippen molar-refractivity contribution in [2.45, 2.75) is 26.1 Å². The molecule has 0 saturated carbocycles. The molecule has 3 rings (SSSR count). The van der Waals surface area contributed by atoms with Gasteiger partial charge in [0.25, 0.3) is 5.91 Å². The Morgan fingerprint density at radius 3 is 2.84 bits per heavy atom. The van der Waals surface area contributed by atoms with E-state index in [0.29, 0.717) is 24.3 Å². The number of pyridine rings is 1. The van der Waals surface area contributed by atoms with E-state index in [1.807, 2.05) is 13.8 Å². The van der Waals surface area contributed by atoms with Gasteiger partial charge < -0.3 is 9.64 Å². The van der Waals surface area contributed by atoms with Gasteiger partial charge in [0.15, 0.2) is 5.65 Å². The van der Waals surface area contributed by atoms with Gasteiger partial charge in [-0.2, -0.15) is 4.52 Å². The zero-order valence-electron chi connectivity index (χ0n) is 10.9. The number of tetrazole rings is 1. The molecule has 1 aliphatic rings. The van der Waals surface area contributed by atoms with Gasteiger partial charge in [-0.15, -0.1) is 5.10 Å². The van der Waals surface area contributed by atoms with Crippen molar-refractivity contribution in [3.8, 4) is 0 Å². The fourth-order valence-electron chi connectivity index (χ4n) is 2.45. The third-order valence-corrected chi connectivity index (χ3v) is 3.16. The highest BCUT2D eigenvalue weighted by Crippen LogP contribution is 2.16. The number of morpholine rings is 1. The number of hydrogen-bond acceptors (Lipinski definition) is 5. The minimum absolute atomic E-state index is 0.0448. The minimum Gasteiger partial charge on any atom is -0.372 e. The van der Waals surface area contributed by atoms with Gasteiger partial charge in [0.2, 0.25) is 0 Å². The van der Waals surface area contributed by atoms with Crippen LogP contribution in [0.15, 0.2) is 18.3 Å². The van der Waals surface area contributed by atoms with Crippen LogP contribution in [0.2, 0.25) is 0 Å². The molecule has 0 unspecified atom stereocenters. The number of ether oxygens (including phenoxy) is 1. The van der Waals surface area contributed by atoms with Crippen LogP contribution >= 0.6 is 0 Å². The maximum atomic E-state index is 12.6. The number of carbonyl (C=O) groups is 1. The van der Waals surface area contributed by atoms with Crippen LogP contribution in [0.4, 0.5) is 0 Å². The number of fused-ring (bicyclic) bond motifs is 1. The lowest BCUT2D eigenvalue weighted by Crippen LogP contribution is -2.48. The third-order valence-electron chi connectivity index (χ3n) is 3.16. The molecule has 0 bridgehead atoms. The van der Waals surface area contributed by atoms with E-state index in [4.69, 9.17) is 4.74 Å². The third kappa shape index (κ3) is 2.17. The molecular formula is C12H15N5O2. The number of hydrogen-bond donors (Lipinski definition) is 0. The first-order valence-corrected chi connectivity index (χ1v) is 6.26.